The summed E-state index contributed by atoms with van der Waals surface area (Å²) < 4.78 is 5.31. The molecule has 27 heavy (non-hydrogen) atoms. The van der Waals surface area contributed by atoms with Crippen molar-refractivity contribution in [2.75, 3.05) is 27.7 Å². The first kappa shape index (κ1) is 18.7. The van der Waals surface area contributed by atoms with Crippen LogP contribution in [0.3, 0.4) is 0 Å². The standard InChI is InChI=1S/C21H24N4O2/c1-25(2)20(16-10-7-11-17(12-16)27-3)14-22-21(26)19-13-18(23-24-19)15-8-5-4-6-9-15/h4-13,20H,14H2,1-3H3,(H,22,26)(H,23,24). The molecule has 0 fully saturated rings. The number of carbonyl (C=O) groups excluding carboxylic acids is 1. The summed E-state index contributed by atoms with van der Waals surface area (Å²) in [5.41, 5.74) is 3.24. The van der Waals surface area contributed by atoms with Gasteiger partial charge in [0.05, 0.1) is 18.8 Å². The average Bonchev–Trinajstić information content (AvgIpc) is 3.19. The Morgan fingerprint density at radius 1 is 1.15 bits per heavy atom. The highest BCUT2D eigenvalue weighted by molar-refractivity contribution is 5.93. The summed E-state index contributed by atoms with van der Waals surface area (Å²) in [6.07, 6.45) is 0. The van der Waals surface area contributed by atoms with Crippen LogP contribution < -0.4 is 10.1 Å². The molecule has 1 heterocycles. The number of benzene rings is 2. The highest BCUT2D eigenvalue weighted by Gasteiger charge is 2.17. The molecule has 0 spiro atoms. The summed E-state index contributed by atoms with van der Waals surface area (Å²) in [7, 11) is 5.62. The van der Waals surface area contributed by atoms with E-state index in [1.165, 1.54) is 0 Å². The van der Waals surface area contributed by atoms with Gasteiger partial charge >= 0.3 is 0 Å². The minimum absolute atomic E-state index is 0.0283. The quantitative estimate of drug-likeness (QED) is 0.676. The Labute approximate surface area is 159 Å². The lowest BCUT2D eigenvalue weighted by Crippen LogP contribution is -2.34. The lowest BCUT2D eigenvalue weighted by atomic mass is 10.1. The fraction of sp³-hybridized carbons (Fsp3) is 0.238. The van der Waals surface area contributed by atoms with E-state index in [2.05, 4.69) is 20.4 Å². The smallest absolute Gasteiger partial charge is 0.269 e. The summed E-state index contributed by atoms with van der Waals surface area (Å²) in [4.78, 5) is 14.6. The average molecular weight is 364 g/mol. The number of nitrogens with zero attached hydrogens (tertiary/aromatic N) is 2. The maximum atomic E-state index is 12.5. The Bertz CT molecular complexity index is 890. The van der Waals surface area contributed by atoms with Gasteiger partial charge in [0, 0.05) is 12.1 Å². The molecular weight excluding hydrogens is 340 g/mol. The number of nitrogens with one attached hydrogen (secondary N) is 2. The monoisotopic (exact) mass is 364 g/mol. The zero-order valence-electron chi connectivity index (χ0n) is 15.8. The summed E-state index contributed by atoms with van der Waals surface area (Å²) in [5, 5.41) is 10.0. The molecule has 0 aliphatic heterocycles. The summed E-state index contributed by atoms with van der Waals surface area (Å²) in [5.74, 6) is 0.617. The van der Waals surface area contributed by atoms with E-state index in [0.717, 1.165) is 22.6 Å². The molecule has 1 aromatic heterocycles. The van der Waals surface area contributed by atoms with Gasteiger partial charge in [0.1, 0.15) is 11.4 Å². The molecule has 2 aromatic carbocycles. The fourth-order valence-electron chi connectivity index (χ4n) is 2.93. The van der Waals surface area contributed by atoms with Crippen molar-refractivity contribution in [3.8, 4) is 17.0 Å². The molecule has 1 atom stereocenters. The van der Waals surface area contributed by atoms with E-state index >= 15 is 0 Å². The molecule has 6 heteroatoms. The molecule has 1 unspecified atom stereocenters. The van der Waals surface area contributed by atoms with Crippen molar-refractivity contribution in [1.29, 1.82) is 0 Å². The van der Waals surface area contributed by atoms with Crippen LogP contribution >= 0.6 is 0 Å². The van der Waals surface area contributed by atoms with Gasteiger partial charge in [-0.1, -0.05) is 42.5 Å². The van der Waals surface area contributed by atoms with Crippen molar-refractivity contribution in [2.24, 2.45) is 0 Å². The number of rotatable bonds is 7. The molecule has 0 aliphatic rings. The van der Waals surface area contributed by atoms with E-state index in [9.17, 15) is 4.79 Å². The number of likely N-dealkylation sites (N-methyl/N-ethyl adjacent to an activating group) is 1. The predicted molar refractivity (Wildman–Crippen MR) is 106 cm³/mol. The third-order valence-electron chi connectivity index (χ3n) is 4.45. The van der Waals surface area contributed by atoms with Crippen LogP contribution in [0.2, 0.25) is 0 Å². The Hall–Kier alpha value is -3.12. The van der Waals surface area contributed by atoms with E-state index in [-0.39, 0.29) is 11.9 Å². The van der Waals surface area contributed by atoms with Crippen molar-refractivity contribution < 1.29 is 9.53 Å². The Morgan fingerprint density at radius 2 is 1.93 bits per heavy atom. The third-order valence-corrected chi connectivity index (χ3v) is 4.45. The number of hydrogen-bond donors (Lipinski definition) is 2. The van der Waals surface area contributed by atoms with E-state index in [4.69, 9.17) is 4.74 Å². The van der Waals surface area contributed by atoms with Crippen molar-refractivity contribution in [2.45, 2.75) is 6.04 Å². The van der Waals surface area contributed by atoms with E-state index in [0.29, 0.717) is 12.2 Å². The van der Waals surface area contributed by atoms with Crippen LogP contribution in [-0.2, 0) is 0 Å². The number of methoxy groups -OCH3 is 1. The van der Waals surface area contributed by atoms with Gasteiger partial charge in [0.15, 0.2) is 0 Å². The molecule has 0 saturated carbocycles. The van der Waals surface area contributed by atoms with Crippen LogP contribution in [0.5, 0.6) is 5.75 Å². The van der Waals surface area contributed by atoms with Crippen LogP contribution in [0.25, 0.3) is 11.3 Å². The molecule has 0 aliphatic carbocycles. The van der Waals surface area contributed by atoms with Gasteiger partial charge in [-0.2, -0.15) is 5.10 Å². The summed E-state index contributed by atoms with van der Waals surface area (Å²) >= 11 is 0. The van der Waals surface area contributed by atoms with E-state index in [1.54, 1.807) is 13.2 Å². The van der Waals surface area contributed by atoms with Gasteiger partial charge in [-0.15, -0.1) is 0 Å². The van der Waals surface area contributed by atoms with E-state index < -0.39 is 0 Å². The molecule has 6 nitrogen and oxygen atoms in total. The SMILES string of the molecule is COc1cccc(C(CNC(=O)c2cc(-c3ccccc3)n[nH]2)N(C)C)c1. The van der Waals surface area contributed by atoms with E-state index in [1.807, 2.05) is 68.7 Å². The lowest BCUT2D eigenvalue weighted by molar-refractivity contribution is 0.0937. The highest BCUT2D eigenvalue weighted by Crippen LogP contribution is 2.22. The second-order valence-electron chi connectivity index (χ2n) is 6.50. The summed E-state index contributed by atoms with van der Waals surface area (Å²) in [6.45, 7) is 0.471. The fourth-order valence-corrected chi connectivity index (χ4v) is 2.93. The largest absolute Gasteiger partial charge is 0.497 e. The first-order valence-corrected chi connectivity index (χ1v) is 8.78. The third kappa shape index (κ3) is 4.54. The topological polar surface area (TPSA) is 70.2 Å². The van der Waals surface area contributed by atoms with Crippen LogP contribution in [0.15, 0.2) is 60.7 Å². The van der Waals surface area contributed by atoms with Crippen molar-refractivity contribution in [3.05, 3.63) is 71.9 Å². The van der Waals surface area contributed by atoms with Crippen LogP contribution in [0.1, 0.15) is 22.1 Å². The predicted octanol–water partition coefficient (Wildman–Crippen LogP) is 3.12. The Morgan fingerprint density at radius 3 is 2.63 bits per heavy atom. The Balaban J connectivity index is 1.69. The molecule has 0 radical (unpaired) electrons. The Kier molecular flexibility index (Phi) is 5.88. The number of ether oxygens (including phenoxy) is 1. The van der Waals surface area contributed by atoms with Crippen molar-refractivity contribution in [1.82, 2.24) is 20.4 Å². The van der Waals surface area contributed by atoms with Gasteiger partial charge in [-0.3, -0.25) is 9.89 Å². The zero-order chi connectivity index (χ0) is 19.2. The first-order chi connectivity index (χ1) is 13.1. The maximum Gasteiger partial charge on any atom is 0.269 e. The van der Waals surface area contributed by atoms with Gasteiger partial charge in [0.2, 0.25) is 0 Å². The lowest BCUT2D eigenvalue weighted by Gasteiger charge is -2.25. The van der Waals surface area contributed by atoms with Gasteiger partial charge < -0.3 is 15.0 Å². The number of aromatic nitrogens is 2. The number of aromatic amines is 1. The second kappa shape index (κ2) is 8.51. The van der Waals surface area contributed by atoms with Crippen LogP contribution in [0, 0.1) is 0 Å². The van der Waals surface area contributed by atoms with Gasteiger partial charge in [-0.05, 0) is 37.9 Å². The molecule has 3 aromatic rings. The van der Waals surface area contributed by atoms with Gasteiger partial charge in [-0.25, -0.2) is 0 Å². The number of H-pyrrole nitrogens is 1. The molecule has 0 bridgehead atoms. The molecular formula is C21H24N4O2. The molecule has 0 saturated heterocycles. The zero-order valence-corrected chi connectivity index (χ0v) is 15.8. The van der Waals surface area contributed by atoms with Crippen molar-refractivity contribution >= 4 is 5.91 Å². The molecule has 1 amide bonds. The second-order valence-corrected chi connectivity index (χ2v) is 6.50. The molecule has 2 N–H and O–H groups in total. The van der Waals surface area contributed by atoms with Crippen molar-refractivity contribution in [3.63, 3.8) is 0 Å². The summed E-state index contributed by atoms with van der Waals surface area (Å²) in [6, 6.07) is 19.4. The number of hydrogen-bond acceptors (Lipinski definition) is 4. The first-order valence-electron chi connectivity index (χ1n) is 8.78. The number of amides is 1. The van der Waals surface area contributed by atoms with Crippen LogP contribution in [-0.4, -0.2) is 48.8 Å². The molecule has 3 rings (SSSR count). The number of carbonyl (C=O) groups is 1. The minimum atomic E-state index is -0.181. The maximum absolute atomic E-state index is 12.5. The highest BCUT2D eigenvalue weighted by atomic mass is 16.5. The van der Waals surface area contributed by atoms with Gasteiger partial charge in [0.25, 0.3) is 5.91 Å². The minimum Gasteiger partial charge on any atom is -0.497 e. The normalized spacial score (nSPS) is 12.0. The van der Waals surface area contributed by atoms with Crippen LogP contribution in [0.4, 0.5) is 0 Å². The molecule has 140 valence electrons.